The van der Waals surface area contributed by atoms with E-state index in [9.17, 15) is 0 Å². The van der Waals surface area contributed by atoms with Crippen LogP contribution in [0.5, 0.6) is 0 Å². The summed E-state index contributed by atoms with van der Waals surface area (Å²) in [6.07, 6.45) is 10.5. The van der Waals surface area contributed by atoms with Crippen molar-refractivity contribution in [3.63, 3.8) is 0 Å². The lowest BCUT2D eigenvalue weighted by molar-refractivity contribution is 0.101. The average molecular weight is 181 g/mol. The molecular formula is C12H23N. The normalized spacial score (nSPS) is 40.4. The van der Waals surface area contributed by atoms with Crippen molar-refractivity contribution in [1.29, 1.82) is 0 Å². The topological polar surface area (TPSA) is 3.24 Å². The molecule has 2 rings (SSSR count). The minimum Gasteiger partial charge on any atom is -0.306 e. The van der Waals surface area contributed by atoms with Crippen molar-refractivity contribution in [1.82, 2.24) is 4.90 Å². The third kappa shape index (κ3) is 2.07. The van der Waals surface area contributed by atoms with Crippen molar-refractivity contribution in [2.75, 3.05) is 14.1 Å². The smallest absolute Gasteiger partial charge is 0.00920 e. The summed E-state index contributed by atoms with van der Waals surface area (Å²) in [6.45, 7) is 0. The molecule has 1 heteroatoms. The molecule has 2 saturated carbocycles. The van der Waals surface area contributed by atoms with Gasteiger partial charge in [-0.25, -0.2) is 0 Å². The molecule has 76 valence electrons. The monoisotopic (exact) mass is 181 g/mol. The van der Waals surface area contributed by atoms with E-state index in [1.165, 1.54) is 44.9 Å². The van der Waals surface area contributed by atoms with Gasteiger partial charge in [0.05, 0.1) is 0 Å². The van der Waals surface area contributed by atoms with Crippen molar-refractivity contribution < 1.29 is 0 Å². The molecule has 0 aromatic rings. The summed E-state index contributed by atoms with van der Waals surface area (Å²) in [7, 11) is 4.49. The van der Waals surface area contributed by atoms with Gasteiger partial charge in [0.25, 0.3) is 0 Å². The second-order valence-corrected chi connectivity index (χ2v) is 5.24. The van der Waals surface area contributed by atoms with Gasteiger partial charge in [0.1, 0.15) is 0 Å². The Kier molecular flexibility index (Phi) is 2.92. The molecule has 2 aliphatic carbocycles. The van der Waals surface area contributed by atoms with Crippen LogP contribution in [0.2, 0.25) is 0 Å². The highest BCUT2D eigenvalue weighted by Gasteiger charge is 2.32. The molecule has 3 unspecified atom stereocenters. The van der Waals surface area contributed by atoms with Gasteiger partial charge in [-0.15, -0.1) is 0 Å². The summed E-state index contributed by atoms with van der Waals surface area (Å²) in [5.41, 5.74) is 0. The van der Waals surface area contributed by atoms with Crippen LogP contribution in [0.4, 0.5) is 0 Å². The minimum absolute atomic E-state index is 0.888. The van der Waals surface area contributed by atoms with E-state index >= 15 is 0 Å². The summed E-state index contributed by atoms with van der Waals surface area (Å²) in [6, 6.07) is 0.888. The Morgan fingerprint density at radius 2 is 1.54 bits per heavy atom. The van der Waals surface area contributed by atoms with E-state index in [4.69, 9.17) is 0 Å². The van der Waals surface area contributed by atoms with E-state index in [2.05, 4.69) is 19.0 Å². The summed E-state index contributed by atoms with van der Waals surface area (Å²) in [4.78, 5) is 2.44. The molecular weight excluding hydrogens is 158 g/mol. The van der Waals surface area contributed by atoms with Crippen LogP contribution in [0.3, 0.4) is 0 Å². The molecule has 2 aliphatic rings. The fourth-order valence-corrected chi connectivity index (χ4v) is 3.32. The first kappa shape index (κ1) is 9.51. The molecule has 0 amide bonds. The number of hydrogen-bond acceptors (Lipinski definition) is 1. The minimum atomic E-state index is 0.888. The highest BCUT2D eigenvalue weighted by molar-refractivity contribution is 4.85. The number of hydrogen-bond donors (Lipinski definition) is 0. The van der Waals surface area contributed by atoms with Crippen LogP contribution in [0.1, 0.15) is 44.9 Å². The van der Waals surface area contributed by atoms with Crippen molar-refractivity contribution in [3.8, 4) is 0 Å². The molecule has 0 aliphatic heterocycles. The highest BCUT2D eigenvalue weighted by Crippen LogP contribution is 2.41. The summed E-state index contributed by atoms with van der Waals surface area (Å²) in [5.74, 6) is 2.18. The maximum absolute atomic E-state index is 2.44. The van der Waals surface area contributed by atoms with Gasteiger partial charge in [-0.05, 0) is 45.2 Å². The number of nitrogens with zero attached hydrogens (tertiary/aromatic N) is 1. The van der Waals surface area contributed by atoms with E-state index in [0.29, 0.717) is 0 Å². The largest absolute Gasteiger partial charge is 0.306 e. The molecule has 1 nitrogen and oxygen atoms in total. The van der Waals surface area contributed by atoms with E-state index in [-0.39, 0.29) is 0 Å². The fourth-order valence-electron chi connectivity index (χ4n) is 3.32. The predicted molar refractivity (Wildman–Crippen MR) is 56.8 cm³/mol. The maximum atomic E-state index is 2.44. The first-order valence-corrected chi connectivity index (χ1v) is 5.94. The Bertz CT molecular complexity index is 165. The standard InChI is InChI=1S/C12H23N/c1-13(2)12-8-7-10-5-3-4-6-11(10)9-12/h10-12H,3-9H2,1-2H3. The van der Waals surface area contributed by atoms with Gasteiger partial charge in [0.2, 0.25) is 0 Å². The van der Waals surface area contributed by atoms with Crippen LogP contribution >= 0.6 is 0 Å². The van der Waals surface area contributed by atoms with E-state index in [1.807, 2.05) is 0 Å². The fraction of sp³-hybridized carbons (Fsp3) is 1.00. The van der Waals surface area contributed by atoms with Gasteiger partial charge in [-0.2, -0.15) is 0 Å². The molecule has 0 N–H and O–H groups in total. The Morgan fingerprint density at radius 3 is 2.23 bits per heavy atom. The molecule has 13 heavy (non-hydrogen) atoms. The maximum Gasteiger partial charge on any atom is 0.00920 e. The number of fused-ring (bicyclic) bond motifs is 1. The van der Waals surface area contributed by atoms with Crippen LogP contribution < -0.4 is 0 Å². The van der Waals surface area contributed by atoms with E-state index in [0.717, 1.165) is 17.9 Å². The zero-order valence-corrected chi connectivity index (χ0v) is 9.13. The lowest BCUT2D eigenvalue weighted by Gasteiger charge is -2.41. The molecule has 0 saturated heterocycles. The van der Waals surface area contributed by atoms with E-state index < -0.39 is 0 Å². The molecule has 0 heterocycles. The van der Waals surface area contributed by atoms with Crippen LogP contribution in [0.15, 0.2) is 0 Å². The molecule has 0 radical (unpaired) electrons. The third-order valence-corrected chi connectivity index (χ3v) is 4.24. The first-order valence-electron chi connectivity index (χ1n) is 5.94. The van der Waals surface area contributed by atoms with E-state index in [1.54, 1.807) is 0 Å². The van der Waals surface area contributed by atoms with Crippen LogP contribution in [-0.2, 0) is 0 Å². The zero-order chi connectivity index (χ0) is 9.26. The second-order valence-electron chi connectivity index (χ2n) is 5.24. The van der Waals surface area contributed by atoms with Gasteiger partial charge >= 0.3 is 0 Å². The van der Waals surface area contributed by atoms with Crippen molar-refractivity contribution in [2.24, 2.45) is 11.8 Å². The molecule has 0 bridgehead atoms. The van der Waals surface area contributed by atoms with Crippen LogP contribution in [0, 0.1) is 11.8 Å². The quantitative estimate of drug-likeness (QED) is 0.601. The average Bonchev–Trinajstić information content (AvgIpc) is 2.17. The van der Waals surface area contributed by atoms with Gasteiger partial charge in [0.15, 0.2) is 0 Å². The summed E-state index contributed by atoms with van der Waals surface area (Å²) >= 11 is 0. The second kappa shape index (κ2) is 4.00. The predicted octanol–water partition coefficient (Wildman–Crippen LogP) is 2.91. The van der Waals surface area contributed by atoms with Gasteiger partial charge in [-0.1, -0.05) is 25.7 Å². The van der Waals surface area contributed by atoms with Gasteiger partial charge in [-0.3, -0.25) is 0 Å². The molecule has 3 atom stereocenters. The summed E-state index contributed by atoms with van der Waals surface area (Å²) < 4.78 is 0. The Labute approximate surface area is 82.5 Å². The van der Waals surface area contributed by atoms with Gasteiger partial charge < -0.3 is 4.90 Å². The Hall–Kier alpha value is -0.0400. The molecule has 0 spiro atoms. The molecule has 0 aromatic carbocycles. The molecule has 2 fully saturated rings. The van der Waals surface area contributed by atoms with Crippen LogP contribution in [-0.4, -0.2) is 25.0 Å². The lowest BCUT2D eigenvalue weighted by Crippen LogP contribution is -2.38. The Morgan fingerprint density at radius 1 is 0.846 bits per heavy atom. The third-order valence-electron chi connectivity index (χ3n) is 4.24. The first-order chi connectivity index (χ1) is 6.27. The highest BCUT2D eigenvalue weighted by atomic mass is 15.1. The van der Waals surface area contributed by atoms with Gasteiger partial charge in [0, 0.05) is 6.04 Å². The summed E-state index contributed by atoms with van der Waals surface area (Å²) in [5, 5.41) is 0. The van der Waals surface area contributed by atoms with Crippen LogP contribution in [0.25, 0.3) is 0 Å². The van der Waals surface area contributed by atoms with Crippen molar-refractivity contribution >= 4 is 0 Å². The van der Waals surface area contributed by atoms with Crippen molar-refractivity contribution in [2.45, 2.75) is 51.0 Å². The zero-order valence-electron chi connectivity index (χ0n) is 9.13. The Balaban J connectivity index is 1.91. The van der Waals surface area contributed by atoms with Crippen molar-refractivity contribution in [3.05, 3.63) is 0 Å². The molecule has 0 aromatic heterocycles. The SMILES string of the molecule is CN(C)C1CCC2CCCCC2C1. The lowest BCUT2D eigenvalue weighted by atomic mass is 9.69. The number of rotatable bonds is 1.